The third-order valence-electron chi connectivity index (χ3n) is 2.05. The summed E-state index contributed by atoms with van der Waals surface area (Å²) in [5.41, 5.74) is 2.05. The van der Waals surface area contributed by atoms with Crippen LogP contribution in [-0.4, -0.2) is 4.98 Å². The molecule has 0 aliphatic rings. The zero-order valence-electron chi connectivity index (χ0n) is 8.37. The average molecular weight is 219 g/mol. The van der Waals surface area contributed by atoms with Gasteiger partial charge < -0.3 is 5.32 Å². The second-order valence-electron chi connectivity index (χ2n) is 3.32. The lowest BCUT2D eigenvalue weighted by atomic mass is 10.2. The Labute approximate surface area is 93.9 Å². The lowest BCUT2D eigenvalue weighted by Gasteiger charge is -2.07. The van der Waals surface area contributed by atoms with Crippen molar-refractivity contribution in [2.24, 2.45) is 0 Å². The van der Waals surface area contributed by atoms with Gasteiger partial charge in [0.25, 0.3) is 0 Å². The monoisotopic (exact) mass is 218 g/mol. The maximum atomic E-state index is 6.06. The van der Waals surface area contributed by atoms with Crippen LogP contribution < -0.4 is 5.32 Å². The van der Waals surface area contributed by atoms with Crippen LogP contribution >= 0.6 is 11.6 Å². The molecule has 0 atom stereocenters. The maximum Gasteiger partial charge on any atom is 0.130 e. The van der Waals surface area contributed by atoms with Crippen LogP contribution in [0.2, 0.25) is 5.02 Å². The van der Waals surface area contributed by atoms with Gasteiger partial charge in [-0.3, -0.25) is 0 Å². The molecule has 0 saturated heterocycles. The molecule has 0 aliphatic heterocycles. The third-order valence-corrected chi connectivity index (χ3v) is 2.38. The van der Waals surface area contributed by atoms with Crippen molar-refractivity contribution in [2.75, 3.05) is 5.32 Å². The zero-order chi connectivity index (χ0) is 10.7. The topological polar surface area (TPSA) is 24.9 Å². The van der Waals surface area contributed by atoms with Crippen LogP contribution in [0.25, 0.3) is 0 Å². The Hall–Kier alpha value is -1.54. The summed E-state index contributed by atoms with van der Waals surface area (Å²) in [6, 6.07) is 11.6. The Bertz CT molecular complexity index is 454. The van der Waals surface area contributed by atoms with Crippen molar-refractivity contribution >= 4 is 23.1 Å². The molecule has 0 unspecified atom stereocenters. The number of halogens is 1. The molecule has 0 fully saturated rings. The quantitative estimate of drug-likeness (QED) is 0.830. The second-order valence-corrected chi connectivity index (χ2v) is 3.73. The Balaban J connectivity index is 2.28. The Morgan fingerprint density at radius 3 is 2.80 bits per heavy atom. The molecular formula is C12H11ClN2. The number of hydrogen-bond acceptors (Lipinski definition) is 2. The average Bonchev–Trinajstić information content (AvgIpc) is 2.25. The van der Waals surface area contributed by atoms with Crippen molar-refractivity contribution in [1.82, 2.24) is 4.98 Å². The number of aryl methyl sites for hydroxylation is 1. The minimum Gasteiger partial charge on any atom is -0.339 e. The molecular weight excluding hydrogens is 208 g/mol. The molecule has 0 saturated carbocycles. The first-order chi connectivity index (χ1) is 7.25. The highest BCUT2D eigenvalue weighted by Crippen LogP contribution is 2.25. The van der Waals surface area contributed by atoms with E-state index in [4.69, 9.17) is 11.6 Å². The Kier molecular flexibility index (Phi) is 2.88. The van der Waals surface area contributed by atoms with Crippen LogP contribution in [0.15, 0.2) is 42.6 Å². The van der Waals surface area contributed by atoms with Gasteiger partial charge in [-0.05, 0) is 36.8 Å². The molecule has 2 nitrogen and oxygen atoms in total. The van der Waals surface area contributed by atoms with Gasteiger partial charge >= 0.3 is 0 Å². The SMILES string of the molecule is Cc1ccc(Cl)c(Nc2ccccn2)c1. The van der Waals surface area contributed by atoms with Crippen molar-refractivity contribution < 1.29 is 0 Å². The van der Waals surface area contributed by atoms with E-state index in [1.165, 1.54) is 0 Å². The summed E-state index contributed by atoms with van der Waals surface area (Å²) in [7, 11) is 0. The molecule has 1 N–H and O–H groups in total. The number of benzene rings is 1. The number of hydrogen-bond donors (Lipinski definition) is 1. The van der Waals surface area contributed by atoms with Gasteiger partial charge in [0.2, 0.25) is 0 Å². The molecule has 0 radical (unpaired) electrons. The molecule has 76 valence electrons. The summed E-state index contributed by atoms with van der Waals surface area (Å²) in [4.78, 5) is 4.18. The number of nitrogens with one attached hydrogen (secondary N) is 1. The summed E-state index contributed by atoms with van der Waals surface area (Å²) >= 11 is 6.06. The highest BCUT2D eigenvalue weighted by Gasteiger charge is 2.00. The minimum atomic E-state index is 0.700. The van der Waals surface area contributed by atoms with Gasteiger partial charge in [-0.2, -0.15) is 0 Å². The van der Waals surface area contributed by atoms with E-state index < -0.39 is 0 Å². The molecule has 0 amide bonds. The van der Waals surface area contributed by atoms with Crippen molar-refractivity contribution in [3.63, 3.8) is 0 Å². The van der Waals surface area contributed by atoms with Crippen LogP contribution in [0.4, 0.5) is 11.5 Å². The van der Waals surface area contributed by atoms with Crippen LogP contribution in [0, 0.1) is 6.92 Å². The largest absolute Gasteiger partial charge is 0.339 e. The molecule has 15 heavy (non-hydrogen) atoms. The van der Waals surface area contributed by atoms with Gasteiger partial charge in [-0.25, -0.2) is 4.98 Å². The molecule has 0 bridgehead atoms. The highest BCUT2D eigenvalue weighted by molar-refractivity contribution is 6.33. The summed E-state index contributed by atoms with van der Waals surface area (Å²) < 4.78 is 0. The Morgan fingerprint density at radius 1 is 1.20 bits per heavy atom. The van der Waals surface area contributed by atoms with Crippen molar-refractivity contribution in [3.05, 3.63) is 53.2 Å². The highest BCUT2D eigenvalue weighted by atomic mass is 35.5. The summed E-state index contributed by atoms with van der Waals surface area (Å²) in [5.74, 6) is 0.796. The fourth-order valence-electron chi connectivity index (χ4n) is 1.31. The van der Waals surface area contributed by atoms with Crippen molar-refractivity contribution in [2.45, 2.75) is 6.92 Å². The summed E-state index contributed by atoms with van der Waals surface area (Å²) in [6.07, 6.45) is 1.74. The predicted octanol–water partition coefficient (Wildman–Crippen LogP) is 3.79. The lowest BCUT2D eigenvalue weighted by Crippen LogP contribution is -1.93. The van der Waals surface area contributed by atoms with Gasteiger partial charge in [-0.15, -0.1) is 0 Å². The van der Waals surface area contributed by atoms with Gasteiger partial charge in [-0.1, -0.05) is 23.7 Å². The van der Waals surface area contributed by atoms with E-state index in [1.54, 1.807) is 6.20 Å². The summed E-state index contributed by atoms with van der Waals surface area (Å²) in [5, 5.41) is 3.87. The standard InChI is InChI=1S/C12H11ClN2/c1-9-5-6-10(13)11(8-9)15-12-4-2-3-7-14-12/h2-8H,1H3,(H,14,15). The summed E-state index contributed by atoms with van der Waals surface area (Å²) in [6.45, 7) is 2.03. The van der Waals surface area contributed by atoms with Crippen LogP contribution in [0.5, 0.6) is 0 Å². The predicted molar refractivity (Wildman–Crippen MR) is 63.7 cm³/mol. The van der Waals surface area contributed by atoms with E-state index in [0.717, 1.165) is 17.1 Å². The van der Waals surface area contributed by atoms with Crippen LogP contribution in [0.1, 0.15) is 5.56 Å². The van der Waals surface area contributed by atoms with Crippen molar-refractivity contribution in [3.8, 4) is 0 Å². The van der Waals surface area contributed by atoms with Crippen molar-refractivity contribution in [1.29, 1.82) is 0 Å². The fraction of sp³-hybridized carbons (Fsp3) is 0.0833. The molecule has 3 heteroatoms. The van der Waals surface area contributed by atoms with Gasteiger partial charge in [0.05, 0.1) is 10.7 Å². The first-order valence-corrected chi connectivity index (χ1v) is 5.08. The molecule has 0 spiro atoms. The number of rotatable bonds is 2. The number of anilines is 2. The van der Waals surface area contributed by atoms with Gasteiger partial charge in [0.1, 0.15) is 5.82 Å². The lowest BCUT2D eigenvalue weighted by molar-refractivity contribution is 1.30. The zero-order valence-corrected chi connectivity index (χ0v) is 9.12. The van der Waals surface area contributed by atoms with Crippen LogP contribution in [0.3, 0.4) is 0 Å². The number of pyridine rings is 1. The maximum absolute atomic E-state index is 6.06. The van der Waals surface area contributed by atoms with E-state index >= 15 is 0 Å². The Morgan fingerprint density at radius 2 is 2.07 bits per heavy atom. The normalized spacial score (nSPS) is 10.0. The molecule has 2 aromatic rings. The molecule has 2 rings (SSSR count). The molecule has 0 aliphatic carbocycles. The van der Waals surface area contributed by atoms with Crippen LogP contribution in [-0.2, 0) is 0 Å². The van der Waals surface area contributed by atoms with Gasteiger partial charge in [0, 0.05) is 6.20 Å². The van der Waals surface area contributed by atoms with E-state index in [-0.39, 0.29) is 0 Å². The van der Waals surface area contributed by atoms with E-state index in [9.17, 15) is 0 Å². The number of aromatic nitrogens is 1. The second kappa shape index (κ2) is 4.32. The van der Waals surface area contributed by atoms with E-state index in [2.05, 4.69) is 10.3 Å². The molecule has 1 aromatic heterocycles. The van der Waals surface area contributed by atoms with E-state index in [1.807, 2.05) is 43.3 Å². The fourth-order valence-corrected chi connectivity index (χ4v) is 1.47. The third kappa shape index (κ3) is 2.48. The molecule has 1 heterocycles. The van der Waals surface area contributed by atoms with Gasteiger partial charge in [0.15, 0.2) is 0 Å². The first-order valence-electron chi connectivity index (χ1n) is 4.70. The number of nitrogens with zero attached hydrogens (tertiary/aromatic N) is 1. The molecule has 1 aromatic carbocycles. The van der Waals surface area contributed by atoms with E-state index in [0.29, 0.717) is 5.02 Å². The minimum absolute atomic E-state index is 0.700. The smallest absolute Gasteiger partial charge is 0.130 e. The first kappa shape index (κ1) is 9.99.